The number of aryl methyl sites for hydroxylation is 1. The van der Waals surface area contributed by atoms with Crippen LogP contribution in [0.3, 0.4) is 0 Å². The Hall–Kier alpha value is -2.53. The quantitative estimate of drug-likeness (QED) is 0.846. The molecule has 2 amide bonds. The van der Waals surface area contributed by atoms with Gasteiger partial charge in [0.25, 0.3) is 5.91 Å². The van der Waals surface area contributed by atoms with Crippen molar-refractivity contribution in [3.8, 4) is 5.75 Å². The predicted octanol–water partition coefficient (Wildman–Crippen LogP) is 2.66. The van der Waals surface area contributed by atoms with Crippen LogP contribution in [0, 0.1) is 6.92 Å². The molecule has 0 aliphatic heterocycles. The average Bonchev–Trinajstić information content (AvgIpc) is 2.54. The van der Waals surface area contributed by atoms with Gasteiger partial charge in [-0.1, -0.05) is 35.9 Å². The van der Waals surface area contributed by atoms with Crippen molar-refractivity contribution in [2.75, 3.05) is 7.11 Å². The van der Waals surface area contributed by atoms with Gasteiger partial charge in [-0.2, -0.15) is 0 Å². The molecule has 0 aliphatic rings. The van der Waals surface area contributed by atoms with E-state index >= 15 is 0 Å². The molecule has 0 aromatic heterocycles. The summed E-state index contributed by atoms with van der Waals surface area (Å²) in [4.78, 5) is 24.0. The van der Waals surface area contributed by atoms with E-state index in [1.807, 2.05) is 31.2 Å². The molecule has 0 radical (unpaired) electrons. The van der Waals surface area contributed by atoms with Gasteiger partial charge in [-0.15, -0.1) is 0 Å². The van der Waals surface area contributed by atoms with Gasteiger partial charge in [0.05, 0.1) is 19.1 Å². The van der Waals surface area contributed by atoms with Crippen molar-refractivity contribution in [3.63, 3.8) is 0 Å². The maximum atomic E-state index is 12.1. The fourth-order valence-electron chi connectivity index (χ4n) is 2.07. The SMILES string of the molecule is COc1cc(Cl)ccc1C(=O)NNC(=O)Cc1ccccc1C. The number of hydrazine groups is 1. The second-order valence-corrected chi connectivity index (χ2v) is 5.39. The van der Waals surface area contributed by atoms with E-state index in [1.165, 1.54) is 19.2 Å². The van der Waals surface area contributed by atoms with Gasteiger partial charge in [0.2, 0.25) is 5.91 Å². The fourth-order valence-corrected chi connectivity index (χ4v) is 2.23. The minimum atomic E-state index is -0.475. The molecule has 120 valence electrons. The summed E-state index contributed by atoms with van der Waals surface area (Å²) in [5.41, 5.74) is 6.98. The predicted molar refractivity (Wildman–Crippen MR) is 88.5 cm³/mol. The van der Waals surface area contributed by atoms with Gasteiger partial charge < -0.3 is 4.74 Å². The van der Waals surface area contributed by atoms with Crippen molar-refractivity contribution in [1.29, 1.82) is 0 Å². The molecule has 23 heavy (non-hydrogen) atoms. The van der Waals surface area contributed by atoms with Gasteiger partial charge in [-0.3, -0.25) is 20.4 Å². The van der Waals surface area contributed by atoms with E-state index in [4.69, 9.17) is 16.3 Å². The Morgan fingerprint density at radius 3 is 2.57 bits per heavy atom. The number of carbonyl (C=O) groups excluding carboxylic acids is 2. The summed E-state index contributed by atoms with van der Waals surface area (Å²) in [6.45, 7) is 1.93. The molecule has 0 atom stereocenters. The molecule has 2 rings (SSSR count). The Morgan fingerprint density at radius 2 is 1.87 bits per heavy atom. The molecular formula is C17H17ClN2O3. The summed E-state index contributed by atoms with van der Waals surface area (Å²) in [6.07, 6.45) is 0.185. The molecule has 0 spiro atoms. The van der Waals surface area contributed by atoms with Gasteiger partial charge in [0.15, 0.2) is 0 Å². The van der Waals surface area contributed by atoms with Crippen LogP contribution < -0.4 is 15.6 Å². The van der Waals surface area contributed by atoms with Gasteiger partial charge in [0.1, 0.15) is 5.75 Å². The second-order valence-electron chi connectivity index (χ2n) is 4.95. The largest absolute Gasteiger partial charge is 0.496 e. The van der Waals surface area contributed by atoms with E-state index in [9.17, 15) is 9.59 Å². The standard InChI is InChI=1S/C17H17ClN2O3/c1-11-5-3-4-6-12(11)9-16(21)19-20-17(22)14-8-7-13(18)10-15(14)23-2/h3-8,10H,9H2,1-2H3,(H,19,21)(H,20,22). The summed E-state index contributed by atoms with van der Waals surface area (Å²) in [7, 11) is 1.44. The Bertz CT molecular complexity index is 732. The lowest BCUT2D eigenvalue weighted by Gasteiger charge is -2.11. The Balaban J connectivity index is 1.97. The zero-order valence-corrected chi connectivity index (χ0v) is 13.6. The first-order chi connectivity index (χ1) is 11.0. The minimum Gasteiger partial charge on any atom is -0.496 e. The molecule has 2 aromatic carbocycles. The van der Waals surface area contributed by atoms with Crippen molar-refractivity contribution in [2.24, 2.45) is 0 Å². The molecule has 0 heterocycles. The highest BCUT2D eigenvalue weighted by Gasteiger charge is 2.13. The maximum Gasteiger partial charge on any atom is 0.273 e. The summed E-state index contributed by atoms with van der Waals surface area (Å²) >= 11 is 5.85. The van der Waals surface area contributed by atoms with Crippen LogP contribution in [0.15, 0.2) is 42.5 Å². The molecular weight excluding hydrogens is 316 g/mol. The van der Waals surface area contributed by atoms with Crippen molar-refractivity contribution in [3.05, 3.63) is 64.2 Å². The molecule has 0 unspecified atom stereocenters. The number of rotatable bonds is 4. The van der Waals surface area contributed by atoms with Crippen LogP contribution in [0.4, 0.5) is 0 Å². The topological polar surface area (TPSA) is 67.4 Å². The van der Waals surface area contributed by atoms with Crippen LogP contribution >= 0.6 is 11.6 Å². The summed E-state index contributed by atoms with van der Waals surface area (Å²) in [6, 6.07) is 12.2. The lowest BCUT2D eigenvalue weighted by molar-refractivity contribution is -0.121. The smallest absolute Gasteiger partial charge is 0.273 e. The Morgan fingerprint density at radius 1 is 1.13 bits per heavy atom. The number of hydrogen-bond acceptors (Lipinski definition) is 3. The van der Waals surface area contributed by atoms with Crippen LogP contribution in [-0.2, 0) is 11.2 Å². The van der Waals surface area contributed by atoms with Crippen molar-refractivity contribution in [1.82, 2.24) is 10.9 Å². The number of halogens is 1. The van der Waals surface area contributed by atoms with Crippen LogP contribution in [0.2, 0.25) is 5.02 Å². The number of benzene rings is 2. The fraction of sp³-hybridized carbons (Fsp3) is 0.176. The van der Waals surface area contributed by atoms with Gasteiger partial charge >= 0.3 is 0 Å². The number of nitrogens with one attached hydrogen (secondary N) is 2. The number of amides is 2. The molecule has 0 saturated heterocycles. The molecule has 0 saturated carbocycles. The molecule has 0 bridgehead atoms. The van der Waals surface area contributed by atoms with E-state index in [2.05, 4.69) is 10.9 Å². The zero-order valence-electron chi connectivity index (χ0n) is 12.9. The molecule has 5 nitrogen and oxygen atoms in total. The monoisotopic (exact) mass is 332 g/mol. The lowest BCUT2D eigenvalue weighted by Crippen LogP contribution is -2.42. The highest BCUT2D eigenvalue weighted by molar-refractivity contribution is 6.30. The summed E-state index contributed by atoms with van der Waals surface area (Å²) in [5, 5.41) is 0.460. The first-order valence-electron chi connectivity index (χ1n) is 6.98. The third-order valence-electron chi connectivity index (χ3n) is 3.34. The highest BCUT2D eigenvalue weighted by Crippen LogP contribution is 2.22. The van der Waals surface area contributed by atoms with Gasteiger partial charge in [-0.05, 0) is 36.2 Å². The third-order valence-corrected chi connectivity index (χ3v) is 3.57. The van der Waals surface area contributed by atoms with Gasteiger partial charge in [-0.25, -0.2) is 0 Å². The first-order valence-corrected chi connectivity index (χ1v) is 7.36. The minimum absolute atomic E-state index is 0.185. The van der Waals surface area contributed by atoms with Crippen LogP contribution in [0.25, 0.3) is 0 Å². The maximum absolute atomic E-state index is 12.1. The Kier molecular flexibility index (Phi) is 5.60. The molecule has 0 fully saturated rings. The first kappa shape index (κ1) is 16.8. The molecule has 2 N–H and O–H groups in total. The summed E-state index contributed by atoms with van der Waals surface area (Å²) < 4.78 is 5.11. The highest BCUT2D eigenvalue weighted by atomic mass is 35.5. The van der Waals surface area contributed by atoms with Crippen LogP contribution in [-0.4, -0.2) is 18.9 Å². The number of hydrogen-bond donors (Lipinski definition) is 2. The average molecular weight is 333 g/mol. The van der Waals surface area contributed by atoms with E-state index < -0.39 is 5.91 Å². The number of carbonyl (C=O) groups is 2. The molecule has 6 heteroatoms. The van der Waals surface area contributed by atoms with E-state index in [-0.39, 0.29) is 17.9 Å². The zero-order chi connectivity index (χ0) is 16.8. The number of methoxy groups -OCH3 is 1. The van der Waals surface area contributed by atoms with Crippen LogP contribution in [0.1, 0.15) is 21.5 Å². The lowest BCUT2D eigenvalue weighted by atomic mass is 10.1. The Labute approximate surface area is 139 Å². The van der Waals surface area contributed by atoms with Crippen molar-refractivity contribution >= 4 is 23.4 Å². The number of ether oxygens (including phenoxy) is 1. The van der Waals surface area contributed by atoms with Gasteiger partial charge in [0, 0.05) is 5.02 Å². The van der Waals surface area contributed by atoms with E-state index in [1.54, 1.807) is 6.07 Å². The second kappa shape index (κ2) is 7.65. The third kappa shape index (κ3) is 4.47. The van der Waals surface area contributed by atoms with Crippen LogP contribution in [0.5, 0.6) is 5.75 Å². The van der Waals surface area contributed by atoms with Crippen molar-refractivity contribution in [2.45, 2.75) is 13.3 Å². The van der Waals surface area contributed by atoms with E-state index in [0.29, 0.717) is 10.8 Å². The van der Waals surface area contributed by atoms with E-state index in [0.717, 1.165) is 11.1 Å². The normalized spacial score (nSPS) is 10.0. The molecule has 0 aliphatic carbocycles. The summed E-state index contributed by atoms with van der Waals surface area (Å²) in [5.74, 6) is -0.444. The molecule has 2 aromatic rings. The van der Waals surface area contributed by atoms with Crippen molar-refractivity contribution < 1.29 is 14.3 Å².